The van der Waals surface area contributed by atoms with Crippen LogP contribution in [0.15, 0.2) is 48.5 Å². The number of aromatic nitrogens is 1. The summed E-state index contributed by atoms with van der Waals surface area (Å²) in [5.74, 6) is 0.0217. The molecule has 3 rings (SSSR count). The van der Waals surface area contributed by atoms with Crippen LogP contribution in [0.2, 0.25) is 0 Å². The van der Waals surface area contributed by atoms with Crippen molar-refractivity contribution < 1.29 is 9.69 Å². The number of aryl methyl sites for hydroxylation is 1. The minimum atomic E-state index is 0.0217. The van der Waals surface area contributed by atoms with E-state index in [1.165, 1.54) is 4.90 Å². The molecule has 0 spiro atoms. The van der Waals surface area contributed by atoms with Gasteiger partial charge in [-0.2, -0.15) is 0 Å². The molecule has 0 unspecified atom stereocenters. The maximum Gasteiger partial charge on any atom is 0.260 e. The van der Waals surface area contributed by atoms with E-state index >= 15 is 0 Å². The Hall–Kier alpha value is -2.24. The van der Waals surface area contributed by atoms with Crippen molar-refractivity contribution in [3.63, 3.8) is 0 Å². The molecule has 2 aromatic carbocycles. The summed E-state index contributed by atoms with van der Waals surface area (Å²) >= 11 is 1.57. The average Bonchev–Trinajstić information content (AvgIpc) is 2.98. The molecule has 1 amide bonds. The fourth-order valence-electron chi connectivity index (χ4n) is 2.55. The van der Waals surface area contributed by atoms with E-state index in [0.29, 0.717) is 6.54 Å². The Morgan fingerprint density at radius 2 is 1.83 bits per heavy atom. The van der Waals surface area contributed by atoms with Gasteiger partial charge in [-0.1, -0.05) is 41.7 Å². The van der Waals surface area contributed by atoms with Crippen molar-refractivity contribution in [2.75, 3.05) is 32.1 Å². The Morgan fingerprint density at radius 1 is 1.12 bits per heavy atom. The summed E-state index contributed by atoms with van der Waals surface area (Å²) in [6.07, 6.45) is 0. The molecule has 1 N–H and O–H groups in total. The molecule has 1 aromatic heterocycles. The van der Waals surface area contributed by atoms with Gasteiger partial charge in [-0.25, -0.2) is 4.98 Å². The molecule has 0 saturated heterocycles. The van der Waals surface area contributed by atoms with Crippen LogP contribution in [0.25, 0.3) is 10.2 Å². The van der Waals surface area contributed by atoms with Gasteiger partial charge in [-0.15, -0.1) is 0 Å². The summed E-state index contributed by atoms with van der Waals surface area (Å²) in [5, 5.41) is 0.769. The van der Waals surface area contributed by atoms with Crippen LogP contribution < -0.4 is 9.80 Å². The second-order valence-electron chi connectivity index (χ2n) is 6.19. The Balaban J connectivity index is 1.99. The van der Waals surface area contributed by atoms with E-state index in [1.807, 2.05) is 60.4 Å². The summed E-state index contributed by atoms with van der Waals surface area (Å²) in [6, 6.07) is 15.7. The molecule has 24 heavy (non-hydrogen) atoms. The number of hydrogen-bond donors (Lipinski definition) is 1. The summed E-state index contributed by atoms with van der Waals surface area (Å²) in [5.41, 5.74) is 2.67. The summed E-state index contributed by atoms with van der Waals surface area (Å²) in [7, 11) is 4.18. The Morgan fingerprint density at radius 3 is 2.54 bits per heavy atom. The third kappa shape index (κ3) is 3.47. The largest absolute Gasteiger partial charge is 0.338 e. The van der Waals surface area contributed by atoms with Gasteiger partial charge in [0, 0.05) is 5.56 Å². The monoisotopic (exact) mass is 340 g/mol. The molecule has 0 radical (unpaired) electrons. The first-order chi connectivity index (χ1) is 11.6. The van der Waals surface area contributed by atoms with Crippen LogP contribution in [0.4, 0.5) is 5.13 Å². The van der Waals surface area contributed by atoms with Gasteiger partial charge >= 0.3 is 0 Å². The van der Waals surface area contributed by atoms with Gasteiger partial charge in [0.1, 0.15) is 0 Å². The molecular formula is C19H22N3OS+. The molecule has 1 heterocycles. The lowest BCUT2D eigenvalue weighted by molar-refractivity contribution is -0.856. The van der Waals surface area contributed by atoms with Crippen molar-refractivity contribution >= 4 is 32.6 Å². The van der Waals surface area contributed by atoms with Crippen molar-refractivity contribution in [3.8, 4) is 0 Å². The Bertz CT molecular complexity index is 823. The highest BCUT2D eigenvalue weighted by Crippen LogP contribution is 2.29. The normalized spacial score (nSPS) is 11.2. The van der Waals surface area contributed by atoms with Gasteiger partial charge in [0.15, 0.2) is 5.13 Å². The number of nitrogens with zero attached hydrogens (tertiary/aromatic N) is 2. The number of rotatable bonds is 5. The van der Waals surface area contributed by atoms with Crippen molar-refractivity contribution in [3.05, 3.63) is 59.7 Å². The summed E-state index contributed by atoms with van der Waals surface area (Å²) in [6.45, 7) is 3.49. The molecule has 0 fully saturated rings. The number of likely N-dealkylation sites (N-methyl/N-ethyl adjacent to an activating group) is 1. The van der Waals surface area contributed by atoms with Crippen molar-refractivity contribution in [2.24, 2.45) is 0 Å². The van der Waals surface area contributed by atoms with E-state index in [-0.39, 0.29) is 5.91 Å². The summed E-state index contributed by atoms with van der Waals surface area (Å²) in [4.78, 5) is 20.9. The summed E-state index contributed by atoms with van der Waals surface area (Å²) < 4.78 is 1.10. The molecule has 124 valence electrons. The zero-order valence-electron chi connectivity index (χ0n) is 14.2. The van der Waals surface area contributed by atoms with Crippen LogP contribution in [-0.4, -0.2) is 38.1 Å². The minimum absolute atomic E-state index is 0.0217. The molecule has 4 nitrogen and oxygen atoms in total. The second-order valence-corrected chi connectivity index (χ2v) is 7.20. The molecule has 0 bridgehead atoms. The number of carbonyl (C=O) groups is 1. The Labute approximate surface area is 146 Å². The molecule has 3 aromatic rings. The third-order valence-corrected chi connectivity index (χ3v) is 5.03. The molecule has 0 aliphatic rings. The minimum Gasteiger partial charge on any atom is -0.338 e. The fraction of sp³-hybridized carbons (Fsp3) is 0.263. The predicted octanol–water partition coefficient (Wildman–Crippen LogP) is 2.40. The van der Waals surface area contributed by atoms with E-state index in [2.05, 4.69) is 19.1 Å². The van der Waals surface area contributed by atoms with E-state index in [9.17, 15) is 4.79 Å². The lowest BCUT2D eigenvalue weighted by Gasteiger charge is -2.21. The first-order valence-electron chi connectivity index (χ1n) is 8.08. The average molecular weight is 340 g/mol. The lowest BCUT2D eigenvalue weighted by Crippen LogP contribution is -3.06. The zero-order valence-corrected chi connectivity index (χ0v) is 15.1. The van der Waals surface area contributed by atoms with Gasteiger partial charge < -0.3 is 4.90 Å². The molecule has 0 atom stereocenters. The maximum atomic E-state index is 13.1. The number of carbonyl (C=O) groups excluding carboxylic acids is 1. The number of amides is 1. The topological polar surface area (TPSA) is 37.6 Å². The molecule has 0 aliphatic heterocycles. The highest BCUT2D eigenvalue weighted by atomic mass is 32.1. The van der Waals surface area contributed by atoms with Crippen LogP contribution in [0.1, 0.15) is 15.9 Å². The smallest absolute Gasteiger partial charge is 0.260 e. The predicted molar refractivity (Wildman–Crippen MR) is 100 cm³/mol. The lowest BCUT2D eigenvalue weighted by atomic mass is 10.1. The first-order valence-corrected chi connectivity index (χ1v) is 8.90. The van der Waals surface area contributed by atoms with Gasteiger partial charge in [-0.3, -0.25) is 9.69 Å². The van der Waals surface area contributed by atoms with E-state index in [1.54, 1.807) is 11.3 Å². The quantitative estimate of drug-likeness (QED) is 0.774. The van der Waals surface area contributed by atoms with Crippen molar-refractivity contribution in [1.29, 1.82) is 0 Å². The number of thiazole rings is 1. The molecule has 5 heteroatoms. The number of nitrogens with one attached hydrogen (secondary N) is 1. The zero-order chi connectivity index (χ0) is 17.1. The fourth-order valence-corrected chi connectivity index (χ4v) is 3.54. The van der Waals surface area contributed by atoms with Gasteiger partial charge in [0.25, 0.3) is 5.91 Å². The highest BCUT2D eigenvalue weighted by molar-refractivity contribution is 7.22. The van der Waals surface area contributed by atoms with Gasteiger partial charge in [0.2, 0.25) is 0 Å². The highest BCUT2D eigenvalue weighted by Gasteiger charge is 2.23. The SMILES string of the molecule is Cc1ccccc1C(=O)N(CC[NH+](C)C)c1nc2ccccc2s1. The first kappa shape index (κ1) is 16.6. The van der Waals surface area contributed by atoms with Crippen LogP contribution >= 0.6 is 11.3 Å². The number of benzene rings is 2. The van der Waals surface area contributed by atoms with Gasteiger partial charge in [0.05, 0.1) is 37.4 Å². The van der Waals surface area contributed by atoms with E-state index in [0.717, 1.165) is 33.0 Å². The number of anilines is 1. The number of fused-ring (bicyclic) bond motifs is 1. The number of para-hydroxylation sites is 1. The van der Waals surface area contributed by atoms with Crippen LogP contribution in [-0.2, 0) is 0 Å². The molecule has 0 saturated carbocycles. The van der Waals surface area contributed by atoms with Crippen molar-refractivity contribution in [2.45, 2.75) is 6.92 Å². The van der Waals surface area contributed by atoms with E-state index in [4.69, 9.17) is 0 Å². The second kappa shape index (κ2) is 7.11. The van der Waals surface area contributed by atoms with Crippen LogP contribution in [0.5, 0.6) is 0 Å². The van der Waals surface area contributed by atoms with Crippen LogP contribution in [0.3, 0.4) is 0 Å². The number of hydrogen-bond acceptors (Lipinski definition) is 3. The Kier molecular flexibility index (Phi) is 4.92. The van der Waals surface area contributed by atoms with Crippen molar-refractivity contribution in [1.82, 2.24) is 4.98 Å². The molecular weight excluding hydrogens is 318 g/mol. The molecule has 0 aliphatic carbocycles. The maximum absolute atomic E-state index is 13.1. The third-order valence-electron chi connectivity index (χ3n) is 3.97. The van der Waals surface area contributed by atoms with E-state index < -0.39 is 0 Å². The van der Waals surface area contributed by atoms with Gasteiger partial charge in [-0.05, 0) is 30.7 Å². The van der Waals surface area contributed by atoms with Crippen LogP contribution in [0, 0.1) is 6.92 Å². The standard InChI is InChI=1S/C19H21N3OS/c1-14-8-4-5-9-15(14)18(23)22(13-12-21(2)3)19-20-16-10-6-7-11-17(16)24-19/h4-11H,12-13H2,1-3H3/p+1. The number of quaternary nitrogens is 1.